The first-order valence-corrected chi connectivity index (χ1v) is 10.7. The third-order valence-corrected chi connectivity index (χ3v) is 6.98. The lowest BCUT2D eigenvalue weighted by atomic mass is 10.2. The summed E-state index contributed by atoms with van der Waals surface area (Å²) in [5.74, 6) is 0.386. The van der Waals surface area contributed by atoms with Gasteiger partial charge in [-0.15, -0.1) is 0 Å². The van der Waals surface area contributed by atoms with Crippen LogP contribution in [0.15, 0.2) is 29.2 Å². The SMILES string of the molecule is Cc1nn(CCOc2cccc([N+](=O)[O-])c2)c(C)c1S(=O)(=O)N1CCCCC1. The van der Waals surface area contributed by atoms with Crippen molar-refractivity contribution in [2.45, 2.75) is 44.6 Å². The lowest BCUT2D eigenvalue weighted by molar-refractivity contribution is -0.384. The highest BCUT2D eigenvalue weighted by molar-refractivity contribution is 7.89. The number of rotatable bonds is 7. The smallest absolute Gasteiger partial charge is 0.273 e. The number of ether oxygens (including phenoxy) is 1. The monoisotopic (exact) mass is 408 g/mol. The van der Waals surface area contributed by atoms with Crippen molar-refractivity contribution in [3.05, 3.63) is 45.8 Å². The van der Waals surface area contributed by atoms with Crippen LogP contribution in [0.25, 0.3) is 0 Å². The van der Waals surface area contributed by atoms with E-state index in [4.69, 9.17) is 4.74 Å². The molecule has 2 aromatic rings. The maximum absolute atomic E-state index is 13.0. The van der Waals surface area contributed by atoms with E-state index in [1.54, 1.807) is 30.7 Å². The molecule has 2 heterocycles. The molecule has 1 aromatic carbocycles. The molecule has 1 aromatic heterocycles. The van der Waals surface area contributed by atoms with E-state index in [0.717, 1.165) is 19.3 Å². The highest BCUT2D eigenvalue weighted by atomic mass is 32.2. The Hall–Kier alpha value is -2.46. The minimum absolute atomic E-state index is 0.0430. The summed E-state index contributed by atoms with van der Waals surface area (Å²) < 4.78 is 34.8. The van der Waals surface area contributed by atoms with Crippen LogP contribution in [0.4, 0.5) is 5.69 Å². The Balaban J connectivity index is 1.71. The zero-order chi connectivity index (χ0) is 20.3. The number of hydrogen-bond acceptors (Lipinski definition) is 6. The van der Waals surface area contributed by atoms with E-state index >= 15 is 0 Å². The molecule has 0 aliphatic carbocycles. The van der Waals surface area contributed by atoms with Crippen LogP contribution in [-0.4, -0.2) is 47.1 Å². The molecule has 0 atom stereocenters. The third kappa shape index (κ3) is 4.17. The van der Waals surface area contributed by atoms with Gasteiger partial charge in [-0.05, 0) is 32.8 Å². The fourth-order valence-electron chi connectivity index (χ4n) is 3.44. The largest absolute Gasteiger partial charge is 0.491 e. The molecule has 0 radical (unpaired) electrons. The zero-order valence-electron chi connectivity index (χ0n) is 16.0. The van der Waals surface area contributed by atoms with Crippen molar-refractivity contribution in [1.82, 2.24) is 14.1 Å². The van der Waals surface area contributed by atoms with E-state index in [9.17, 15) is 18.5 Å². The molecule has 0 spiro atoms. The number of nitro benzene ring substituents is 1. The summed E-state index contributed by atoms with van der Waals surface area (Å²) in [5, 5.41) is 15.2. The topological polar surface area (TPSA) is 108 Å². The van der Waals surface area contributed by atoms with E-state index in [1.807, 2.05) is 0 Å². The second-order valence-electron chi connectivity index (χ2n) is 6.79. The maximum Gasteiger partial charge on any atom is 0.273 e. The van der Waals surface area contributed by atoms with E-state index in [1.165, 1.54) is 16.4 Å². The van der Waals surface area contributed by atoms with Gasteiger partial charge in [-0.25, -0.2) is 8.42 Å². The first-order chi connectivity index (χ1) is 13.3. The van der Waals surface area contributed by atoms with Gasteiger partial charge < -0.3 is 4.74 Å². The summed E-state index contributed by atoms with van der Waals surface area (Å²) >= 11 is 0. The van der Waals surface area contributed by atoms with Crippen LogP contribution in [0.1, 0.15) is 30.7 Å². The van der Waals surface area contributed by atoms with E-state index in [2.05, 4.69) is 5.10 Å². The molecule has 0 unspecified atom stereocenters. The summed E-state index contributed by atoms with van der Waals surface area (Å²) in [4.78, 5) is 10.6. The Labute approximate surface area is 164 Å². The van der Waals surface area contributed by atoms with Gasteiger partial charge in [0, 0.05) is 19.2 Å². The number of nitro groups is 1. The fourth-order valence-corrected chi connectivity index (χ4v) is 5.33. The summed E-state index contributed by atoms with van der Waals surface area (Å²) in [5.41, 5.74) is 1.00. The number of benzene rings is 1. The van der Waals surface area contributed by atoms with Gasteiger partial charge in [0.2, 0.25) is 10.0 Å². The fraction of sp³-hybridized carbons (Fsp3) is 0.500. The molecule has 0 amide bonds. The van der Waals surface area contributed by atoms with Crippen LogP contribution in [0.3, 0.4) is 0 Å². The van der Waals surface area contributed by atoms with E-state index in [-0.39, 0.29) is 17.2 Å². The minimum Gasteiger partial charge on any atom is -0.491 e. The Morgan fingerprint density at radius 2 is 1.93 bits per heavy atom. The summed E-state index contributed by atoms with van der Waals surface area (Å²) in [6.45, 7) is 5.08. The number of nitrogens with zero attached hydrogens (tertiary/aromatic N) is 4. The molecule has 1 saturated heterocycles. The molecular formula is C18H24N4O5S. The Morgan fingerprint density at radius 3 is 2.61 bits per heavy atom. The Bertz CT molecular complexity index is 964. The molecule has 1 aliphatic heterocycles. The normalized spacial score (nSPS) is 15.5. The van der Waals surface area contributed by atoms with Gasteiger partial charge in [0.05, 0.1) is 28.9 Å². The third-order valence-electron chi connectivity index (χ3n) is 4.83. The van der Waals surface area contributed by atoms with Crippen LogP contribution in [0, 0.1) is 24.0 Å². The van der Waals surface area contributed by atoms with Crippen molar-refractivity contribution in [3.8, 4) is 5.75 Å². The lowest BCUT2D eigenvalue weighted by Crippen LogP contribution is -2.36. The molecule has 1 fully saturated rings. The minimum atomic E-state index is -3.56. The summed E-state index contributed by atoms with van der Waals surface area (Å²) in [7, 11) is -3.56. The van der Waals surface area contributed by atoms with Gasteiger partial charge in [0.1, 0.15) is 17.3 Å². The second kappa shape index (κ2) is 8.27. The first-order valence-electron chi connectivity index (χ1n) is 9.22. The van der Waals surface area contributed by atoms with E-state index in [0.29, 0.717) is 36.8 Å². The predicted octanol–water partition coefficient (Wildman–Crippen LogP) is 2.66. The van der Waals surface area contributed by atoms with Gasteiger partial charge in [0.25, 0.3) is 5.69 Å². The molecular weight excluding hydrogens is 384 g/mol. The number of non-ortho nitro benzene ring substituents is 1. The molecule has 0 bridgehead atoms. The Kier molecular flexibility index (Phi) is 5.99. The average molecular weight is 408 g/mol. The molecule has 9 nitrogen and oxygen atoms in total. The highest BCUT2D eigenvalue weighted by Gasteiger charge is 2.31. The van der Waals surface area contributed by atoms with E-state index < -0.39 is 14.9 Å². The number of hydrogen-bond donors (Lipinski definition) is 0. The molecule has 1 aliphatic rings. The van der Waals surface area contributed by atoms with Gasteiger partial charge in [-0.3, -0.25) is 14.8 Å². The molecule has 0 N–H and O–H groups in total. The second-order valence-corrected chi connectivity index (χ2v) is 8.67. The quantitative estimate of drug-likeness (QED) is 0.515. The molecule has 152 valence electrons. The van der Waals surface area contributed by atoms with Crippen LogP contribution >= 0.6 is 0 Å². The van der Waals surface area contributed by atoms with Gasteiger partial charge in [-0.1, -0.05) is 12.5 Å². The Morgan fingerprint density at radius 1 is 1.21 bits per heavy atom. The van der Waals surface area contributed by atoms with Crippen LogP contribution in [-0.2, 0) is 16.6 Å². The molecule has 0 saturated carbocycles. The van der Waals surface area contributed by atoms with Gasteiger partial charge in [-0.2, -0.15) is 9.40 Å². The van der Waals surface area contributed by atoms with Crippen molar-refractivity contribution < 1.29 is 18.1 Å². The van der Waals surface area contributed by atoms with Gasteiger partial charge >= 0.3 is 0 Å². The van der Waals surface area contributed by atoms with Gasteiger partial charge in [0.15, 0.2) is 0 Å². The van der Waals surface area contributed by atoms with Crippen LogP contribution in [0.5, 0.6) is 5.75 Å². The standard InChI is InChI=1S/C18H24N4O5S/c1-14-18(28(25,26)20-9-4-3-5-10-20)15(2)21(19-14)11-12-27-17-8-6-7-16(13-17)22(23)24/h6-8,13H,3-5,9-12H2,1-2H3. The summed E-state index contributed by atoms with van der Waals surface area (Å²) in [6, 6.07) is 5.94. The first kappa shape index (κ1) is 20.3. The number of piperidine rings is 1. The molecule has 28 heavy (non-hydrogen) atoms. The number of sulfonamides is 1. The highest BCUT2D eigenvalue weighted by Crippen LogP contribution is 2.26. The van der Waals surface area contributed by atoms with Crippen molar-refractivity contribution >= 4 is 15.7 Å². The zero-order valence-corrected chi connectivity index (χ0v) is 16.8. The predicted molar refractivity (Wildman–Crippen MR) is 103 cm³/mol. The van der Waals surface area contributed by atoms with Crippen molar-refractivity contribution in [3.63, 3.8) is 0 Å². The molecule has 10 heteroatoms. The lowest BCUT2D eigenvalue weighted by Gasteiger charge is -2.26. The summed E-state index contributed by atoms with van der Waals surface area (Å²) in [6.07, 6.45) is 2.81. The van der Waals surface area contributed by atoms with Crippen LogP contribution in [0.2, 0.25) is 0 Å². The van der Waals surface area contributed by atoms with Crippen LogP contribution < -0.4 is 4.74 Å². The number of aryl methyl sites for hydroxylation is 1. The number of aromatic nitrogens is 2. The van der Waals surface area contributed by atoms with Crippen molar-refractivity contribution in [2.75, 3.05) is 19.7 Å². The van der Waals surface area contributed by atoms with Crippen molar-refractivity contribution in [1.29, 1.82) is 0 Å². The maximum atomic E-state index is 13.0. The molecule has 3 rings (SSSR count). The average Bonchev–Trinajstić information content (AvgIpc) is 2.96. The van der Waals surface area contributed by atoms with Crippen molar-refractivity contribution in [2.24, 2.45) is 0 Å².